The van der Waals surface area contributed by atoms with Crippen molar-refractivity contribution >= 4 is 5.65 Å². The number of fused-ring (bicyclic) bond motifs is 1. The first-order valence-electron chi connectivity index (χ1n) is 8.44. The minimum atomic E-state index is -0.329. The van der Waals surface area contributed by atoms with E-state index >= 15 is 0 Å². The van der Waals surface area contributed by atoms with Gasteiger partial charge in [0.1, 0.15) is 0 Å². The van der Waals surface area contributed by atoms with Crippen LogP contribution in [-0.4, -0.2) is 51.4 Å². The lowest BCUT2D eigenvalue weighted by Crippen LogP contribution is -2.26. The molecule has 7 nitrogen and oxygen atoms in total. The molecule has 0 radical (unpaired) electrons. The zero-order valence-electron chi connectivity index (χ0n) is 14.7. The molecule has 0 saturated carbocycles. The van der Waals surface area contributed by atoms with E-state index in [9.17, 15) is 4.39 Å². The maximum atomic E-state index is 14.6. The summed E-state index contributed by atoms with van der Waals surface area (Å²) in [4.78, 5) is 6.25. The number of ether oxygens (including phenoxy) is 2. The molecule has 1 aliphatic heterocycles. The number of methoxy groups -OCH3 is 2. The van der Waals surface area contributed by atoms with Crippen LogP contribution in [-0.2, 0) is 11.3 Å². The summed E-state index contributed by atoms with van der Waals surface area (Å²) >= 11 is 0. The summed E-state index contributed by atoms with van der Waals surface area (Å²) in [6.45, 7) is 1.13. The number of benzene rings is 1. The Hall–Kier alpha value is -2.58. The third-order valence-corrected chi connectivity index (χ3v) is 4.87. The van der Waals surface area contributed by atoms with E-state index in [0.717, 1.165) is 12.2 Å². The first-order valence-corrected chi connectivity index (χ1v) is 8.44. The van der Waals surface area contributed by atoms with Crippen molar-refractivity contribution in [3.63, 3.8) is 0 Å². The standard InChI is InChI=1S/C18H20FN5O2/c1-25-13-8-14(18-22-21-16-9-20-6-7-24(16)18)23(11-13)10-12-4-3-5-15(26-2)17(12)19/h3-7,9,13-14H,8,10-11H2,1-2H3/t13-,14+/m1/s1. The Bertz CT molecular complexity index is 915. The fourth-order valence-electron chi connectivity index (χ4n) is 3.53. The second kappa shape index (κ2) is 6.97. The average Bonchev–Trinajstić information content (AvgIpc) is 3.27. The van der Waals surface area contributed by atoms with Gasteiger partial charge in [-0.15, -0.1) is 10.2 Å². The van der Waals surface area contributed by atoms with Crippen molar-refractivity contribution in [2.45, 2.75) is 25.1 Å². The molecule has 0 N–H and O–H groups in total. The van der Waals surface area contributed by atoms with Gasteiger partial charge in [-0.3, -0.25) is 14.3 Å². The van der Waals surface area contributed by atoms with Crippen LogP contribution < -0.4 is 4.74 Å². The third kappa shape index (κ3) is 2.91. The first kappa shape index (κ1) is 16.9. The van der Waals surface area contributed by atoms with Gasteiger partial charge < -0.3 is 9.47 Å². The van der Waals surface area contributed by atoms with Crippen molar-refractivity contribution in [3.8, 4) is 5.75 Å². The molecule has 1 aromatic carbocycles. The predicted octanol–water partition coefficient (Wildman–Crippen LogP) is 2.23. The molecule has 3 heterocycles. The number of aromatic nitrogens is 4. The fraction of sp³-hybridized carbons (Fsp3) is 0.389. The van der Waals surface area contributed by atoms with Gasteiger partial charge in [-0.25, -0.2) is 4.39 Å². The highest BCUT2D eigenvalue weighted by Gasteiger charge is 2.36. The van der Waals surface area contributed by atoms with Crippen LogP contribution in [0.1, 0.15) is 23.9 Å². The molecule has 0 aliphatic carbocycles. The van der Waals surface area contributed by atoms with Gasteiger partial charge in [0.15, 0.2) is 23.0 Å². The van der Waals surface area contributed by atoms with Gasteiger partial charge in [0.2, 0.25) is 0 Å². The van der Waals surface area contributed by atoms with E-state index in [-0.39, 0.29) is 23.7 Å². The third-order valence-electron chi connectivity index (χ3n) is 4.87. The van der Waals surface area contributed by atoms with Crippen molar-refractivity contribution in [1.29, 1.82) is 0 Å². The maximum Gasteiger partial charge on any atom is 0.179 e. The normalized spacial score (nSPS) is 20.7. The van der Waals surface area contributed by atoms with Crippen molar-refractivity contribution < 1.29 is 13.9 Å². The topological polar surface area (TPSA) is 64.8 Å². The zero-order chi connectivity index (χ0) is 18.1. The molecule has 2 aromatic heterocycles. The Morgan fingerprint density at radius 3 is 2.96 bits per heavy atom. The molecule has 0 spiro atoms. The SMILES string of the molecule is COc1cccc(CN2C[C@H](OC)C[C@H]2c2nnc3cnccn23)c1F. The summed E-state index contributed by atoms with van der Waals surface area (Å²) < 4.78 is 27.2. The van der Waals surface area contributed by atoms with E-state index < -0.39 is 0 Å². The quantitative estimate of drug-likeness (QED) is 0.698. The maximum absolute atomic E-state index is 14.6. The molecule has 4 rings (SSSR count). The van der Waals surface area contributed by atoms with Gasteiger partial charge >= 0.3 is 0 Å². The van der Waals surface area contributed by atoms with Crippen molar-refractivity contribution in [2.75, 3.05) is 20.8 Å². The number of halogens is 1. The molecule has 0 unspecified atom stereocenters. The van der Waals surface area contributed by atoms with Crippen LogP contribution in [0, 0.1) is 5.82 Å². The molecule has 2 atom stereocenters. The van der Waals surface area contributed by atoms with E-state index in [1.54, 1.807) is 37.7 Å². The van der Waals surface area contributed by atoms with Gasteiger partial charge in [-0.1, -0.05) is 12.1 Å². The Morgan fingerprint density at radius 1 is 1.27 bits per heavy atom. The lowest BCUT2D eigenvalue weighted by atomic mass is 10.1. The zero-order valence-corrected chi connectivity index (χ0v) is 14.7. The van der Waals surface area contributed by atoms with Crippen molar-refractivity contribution in [3.05, 3.63) is 54.0 Å². The number of likely N-dealkylation sites (tertiary alicyclic amines) is 1. The Labute approximate surface area is 150 Å². The monoisotopic (exact) mass is 357 g/mol. The van der Waals surface area contributed by atoms with Gasteiger partial charge in [-0.2, -0.15) is 0 Å². The van der Waals surface area contributed by atoms with E-state index in [4.69, 9.17) is 9.47 Å². The van der Waals surface area contributed by atoms with Crippen LogP contribution in [0.15, 0.2) is 36.8 Å². The van der Waals surface area contributed by atoms with E-state index in [1.807, 2.05) is 10.6 Å². The molecule has 1 saturated heterocycles. The smallest absolute Gasteiger partial charge is 0.179 e. The van der Waals surface area contributed by atoms with Crippen LogP contribution >= 0.6 is 0 Å². The van der Waals surface area contributed by atoms with Crippen LogP contribution in [0.5, 0.6) is 5.75 Å². The van der Waals surface area contributed by atoms with E-state index in [1.165, 1.54) is 7.11 Å². The van der Waals surface area contributed by atoms with E-state index in [2.05, 4.69) is 20.1 Å². The number of rotatable bonds is 5. The van der Waals surface area contributed by atoms with Gasteiger partial charge in [-0.05, 0) is 12.5 Å². The summed E-state index contributed by atoms with van der Waals surface area (Å²) in [5.41, 5.74) is 1.28. The molecule has 136 valence electrons. The first-order chi connectivity index (χ1) is 12.7. The molecule has 1 fully saturated rings. The molecule has 0 bridgehead atoms. The fourth-order valence-corrected chi connectivity index (χ4v) is 3.53. The summed E-state index contributed by atoms with van der Waals surface area (Å²) in [7, 11) is 3.17. The predicted molar refractivity (Wildman–Crippen MR) is 92.3 cm³/mol. The number of hydrogen-bond acceptors (Lipinski definition) is 6. The molecular formula is C18H20FN5O2. The highest BCUT2D eigenvalue weighted by atomic mass is 19.1. The molecule has 1 aliphatic rings. The minimum Gasteiger partial charge on any atom is -0.494 e. The summed E-state index contributed by atoms with van der Waals surface area (Å²) in [5, 5.41) is 8.54. The summed E-state index contributed by atoms with van der Waals surface area (Å²) in [6, 6.07) is 5.18. The second-order valence-corrected chi connectivity index (χ2v) is 6.33. The number of hydrogen-bond donors (Lipinski definition) is 0. The molecule has 26 heavy (non-hydrogen) atoms. The minimum absolute atomic E-state index is 0.0250. The largest absolute Gasteiger partial charge is 0.494 e. The van der Waals surface area contributed by atoms with Crippen LogP contribution in [0.4, 0.5) is 4.39 Å². The lowest BCUT2D eigenvalue weighted by Gasteiger charge is -2.23. The molecule has 8 heteroatoms. The lowest BCUT2D eigenvalue weighted by molar-refractivity contribution is 0.107. The summed E-state index contributed by atoms with van der Waals surface area (Å²) in [5.74, 6) is 0.732. The van der Waals surface area contributed by atoms with Crippen LogP contribution in [0.3, 0.4) is 0 Å². The Balaban J connectivity index is 1.67. The van der Waals surface area contributed by atoms with Crippen LogP contribution in [0.2, 0.25) is 0 Å². The molecule has 3 aromatic rings. The van der Waals surface area contributed by atoms with Crippen molar-refractivity contribution in [2.24, 2.45) is 0 Å². The molecular weight excluding hydrogens is 337 g/mol. The van der Waals surface area contributed by atoms with Gasteiger partial charge in [0.25, 0.3) is 0 Å². The van der Waals surface area contributed by atoms with Crippen LogP contribution in [0.25, 0.3) is 5.65 Å². The van der Waals surface area contributed by atoms with Gasteiger partial charge in [0.05, 0.1) is 25.5 Å². The molecule has 0 amide bonds. The Morgan fingerprint density at radius 2 is 2.15 bits per heavy atom. The second-order valence-electron chi connectivity index (χ2n) is 6.33. The highest BCUT2D eigenvalue weighted by Crippen LogP contribution is 2.34. The van der Waals surface area contributed by atoms with Gasteiger partial charge in [0, 0.05) is 38.2 Å². The average molecular weight is 357 g/mol. The highest BCUT2D eigenvalue weighted by molar-refractivity contribution is 5.35. The van der Waals surface area contributed by atoms with Crippen molar-refractivity contribution in [1.82, 2.24) is 24.5 Å². The van der Waals surface area contributed by atoms with E-state index in [0.29, 0.717) is 24.3 Å². The summed E-state index contributed by atoms with van der Waals surface area (Å²) in [6.07, 6.45) is 6.04. The Kier molecular flexibility index (Phi) is 4.52. The number of nitrogens with zero attached hydrogens (tertiary/aromatic N) is 5.